The summed E-state index contributed by atoms with van der Waals surface area (Å²) in [4.78, 5) is 0. The fourth-order valence-electron chi connectivity index (χ4n) is 6.36. The van der Waals surface area contributed by atoms with E-state index in [-0.39, 0.29) is 0 Å². The van der Waals surface area contributed by atoms with Crippen LogP contribution in [0.1, 0.15) is 45.2 Å². The van der Waals surface area contributed by atoms with Crippen LogP contribution in [0.25, 0.3) is 0 Å². The Hall–Kier alpha value is -3.16. The Bertz CT molecular complexity index is 1150. The van der Waals surface area contributed by atoms with Crippen LogP contribution in [0.15, 0.2) is 109 Å². The minimum atomic E-state index is -0.438. The maximum Gasteiger partial charge on any atom is 0.128 e. The van der Waals surface area contributed by atoms with Crippen LogP contribution >= 0.6 is 0 Å². The second-order valence-electron chi connectivity index (χ2n) is 8.44. The summed E-state index contributed by atoms with van der Waals surface area (Å²) in [6.07, 6.45) is 0. The van der Waals surface area contributed by atoms with Crippen molar-refractivity contribution in [1.82, 2.24) is 0 Å². The molecule has 29 heavy (non-hydrogen) atoms. The lowest BCUT2D eigenvalue weighted by atomic mass is 9.50. The third-order valence-corrected chi connectivity index (χ3v) is 7.33. The molecule has 7 rings (SSSR count). The Kier molecular flexibility index (Phi) is 2.85. The van der Waals surface area contributed by atoms with Crippen molar-refractivity contribution in [2.24, 2.45) is 0 Å². The molecule has 0 saturated carbocycles. The van der Waals surface area contributed by atoms with Crippen LogP contribution in [0, 0.1) is 0 Å². The highest BCUT2D eigenvalue weighted by Gasteiger charge is 2.75. The molecule has 3 aliphatic rings. The molecule has 138 valence electrons. The van der Waals surface area contributed by atoms with Gasteiger partial charge >= 0.3 is 0 Å². The van der Waals surface area contributed by atoms with E-state index in [0.717, 1.165) is 0 Å². The molecule has 0 amide bonds. The lowest BCUT2D eigenvalue weighted by Crippen LogP contribution is -2.44. The molecule has 2 aliphatic heterocycles. The van der Waals surface area contributed by atoms with Gasteiger partial charge in [0.05, 0.1) is 0 Å². The van der Waals surface area contributed by atoms with Gasteiger partial charge in [-0.05, 0) is 33.4 Å². The number of rotatable bonds is 2. The molecular weight excluding hydrogens is 352 g/mol. The van der Waals surface area contributed by atoms with Crippen LogP contribution in [-0.4, -0.2) is 0 Å². The topological polar surface area (TPSA) is 9.23 Å². The standard InChI is InChI=1S/C28H20O/c1-3-11-19(12-4-1)27-23-17-9-10-18-24(23)28(29-27,20-13-5-2-6-14-20)26-22-16-8-7-15-21(22)25(26)27/h1-18,25-26H/t25-,26-,27-,28+/m0/s1. The molecule has 2 heterocycles. The van der Waals surface area contributed by atoms with Crippen molar-refractivity contribution in [3.05, 3.63) is 143 Å². The Morgan fingerprint density at radius 2 is 0.828 bits per heavy atom. The number of fused-ring (bicyclic) bond motifs is 11. The molecule has 1 saturated heterocycles. The molecule has 4 atom stereocenters. The van der Waals surface area contributed by atoms with E-state index < -0.39 is 11.2 Å². The van der Waals surface area contributed by atoms with E-state index in [9.17, 15) is 0 Å². The monoisotopic (exact) mass is 372 g/mol. The van der Waals surface area contributed by atoms with Crippen LogP contribution in [0.2, 0.25) is 0 Å². The predicted molar refractivity (Wildman–Crippen MR) is 114 cm³/mol. The largest absolute Gasteiger partial charge is 0.348 e. The fraction of sp³-hybridized carbons (Fsp3) is 0.143. The summed E-state index contributed by atoms with van der Waals surface area (Å²) in [6.45, 7) is 0. The van der Waals surface area contributed by atoms with Gasteiger partial charge in [0, 0.05) is 11.8 Å². The van der Waals surface area contributed by atoms with Gasteiger partial charge < -0.3 is 4.74 Å². The Labute approximate surface area is 170 Å². The summed E-state index contributed by atoms with van der Waals surface area (Å²) >= 11 is 0. The van der Waals surface area contributed by atoms with Gasteiger partial charge in [-0.3, -0.25) is 0 Å². The molecule has 1 heteroatoms. The third-order valence-electron chi connectivity index (χ3n) is 7.33. The Morgan fingerprint density at radius 1 is 0.448 bits per heavy atom. The summed E-state index contributed by atoms with van der Waals surface area (Å²) in [5.74, 6) is 0.660. The van der Waals surface area contributed by atoms with Gasteiger partial charge in [0.15, 0.2) is 0 Å². The van der Waals surface area contributed by atoms with Crippen LogP contribution in [0.4, 0.5) is 0 Å². The molecular formula is C28H20O. The fourth-order valence-corrected chi connectivity index (χ4v) is 6.36. The summed E-state index contributed by atoms with van der Waals surface area (Å²) in [6, 6.07) is 39.5. The summed E-state index contributed by atoms with van der Waals surface area (Å²) in [7, 11) is 0. The number of hydrogen-bond acceptors (Lipinski definition) is 1. The maximum atomic E-state index is 7.36. The third kappa shape index (κ3) is 1.64. The molecule has 1 nitrogen and oxygen atoms in total. The van der Waals surface area contributed by atoms with E-state index in [1.54, 1.807) is 0 Å². The molecule has 0 N–H and O–H groups in total. The van der Waals surface area contributed by atoms with Crippen molar-refractivity contribution in [3.63, 3.8) is 0 Å². The molecule has 2 bridgehead atoms. The summed E-state index contributed by atoms with van der Waals surface area (Å²) in [5, 5.41) is 0. The van der Waals surface area contributed by atoms with Crippen molar-refractivity contribution in [1.29, 1.82) is 0 Å². The molecule has 4 aromatic rings. The Morgan fingerprint density at radius 3 is 1.28 bits per heavy atom. The van der Waals surface area contributed by atoms with Crippen LogP contribution in [0.3, 0.4) is 0 Å². The summed E-state index contributed by atoms with van der Waals surface area (Å²) in [5.41, 5.74) is 7.16. The first-order valence-corrected chi connectivity index (χ1v) is 10.4. The van der Waals surface area contributed by atoms with Crippen LogP contribution < -0.4 is 0 Å². The van der Waals surface area contributed by atoms with E-state index in [1.165, 1.54) is 33.4 Å². The van der Waals surface area contributed by atoms with Crippen LogP contribution in [-0.2, 0) is 15.9 Å². The quantitative estimate of drug-likeness (QED) is 0.413. The molecule has 0 aromatic heterocycles. The zero-order chi connectivity index (χ0) is 19.1. The number of benzene rings is 4. The van der Waals surface area contributed by atoms with Gasteiger partial charge in [0.25, 0.3) is 0 Å². The van der Waals surface area contributed by atoms with E-state index in [4.69, 9.17) is 4.74 Å². The van der Waals surface area contributed by atoms with Gasteiger partial charge in [0.1, 0.15) is 11.2 Å². The number of hydrogen-bond donors (Lipinski definition) is 0. The second kappa shape index (κ2) is 5.25. The van der Waals surface area contributed by atoms with Crippen molar-refractivity contribution >= 4 is 0 Å². The van der Waals surface area contributed by atoms with Gasteiger partial charge in [-0.25, -0.2) is 0 Å². The second-order valence-corrected chi connectivity index (χ2v) is 8.44. The van der Waals surface area contributed by atoms with E-state index >= 15 is 0 Å². The Balaban J connectivity index is 1.62. The van der Waals surface area contributed by atoms with Gasteiger partial charge in [-0.2, -0.15) is 0 Å². The molecule has 0 spiro atoms. The molecule has 1 fully saturated rings. The first-order valence-electron chi connectivity index (χ1n) is 10.4. The van der Waals surface area contributed by atoms with Gasteiger partial charge in [-0.15, -0.1) is 0 Å². The SMILES string of the molecule is c1ccc([C@@]23O[C@@](c4ccccc4)(c4ccccc42)[C@H]2c4ccccc4[C@@H]23)cc1. The first-order chi connectivity index (χ1) is 14.4. The molecule has 1 aliphatic carbocycles. The normalized spacial score (nSPS) is 30.2. The molecule has 0 radical (unpaired) electrons. The minimum absolute atomic E-state index is 0.330. The number of ether oxygens (including phenoxy) is 1. The van der Waals surface area contributed by atoms with Crippen LogP contribution in [0.5, 0.6) is 0 Å². The van der Waals surface area contributed by atoms with Crippen molar-refractivity contribution in [3.8, 4) is 0 Å². The highest BCUT2D eigenvalue weighted by Crippen LogP contribution is 2.78. The van der Waals surface area contributed by atoms with Crippen molar-refractivity contribution < 1.29 is 4.74 Å². The minimum Gasteiger partial charge on any atom is -0.348 e. The zero-order valence-corrected chi connectivity index (χ0v) is 16.0. The van der Waals surface area contributed by atoms with E-state index in [2.05, 4.69) is 109 Å². The van der Waals surface area contributed by atoms with Crippen molar-refractivity contribution in [2.45, 2.75) is 23.0 Å². The smallest absolute Gasteiger partial charge is 0.128 e. The lowest BCUT2D eigenvalue weighted by Gasteiger charge is -2.49. The maximum absolute atomic E-state index is 7.36. The van der Waals surface area contributed by atoms with Gasteiger partial charge in [-0.1, -0.05) is 109 Å². The summed E-state index contributed by atoms with van der Waals surface area (Å²) < 4.78 is 7.36. The van der Waals surface area contributed by atoms with Gasteiger partial charge in [0.2, 0.25) is 0 Å². The highest BCUT2D eigenvalue weighted by molar-refractivity contribution is 5.68. The van der Waals surface area contributed by atoms with Crippen molar-refractivity contribution in [2.75, 3.05) is 0 Å². The molecule has 0 unspecified atom stereocenters. The highest BCUT2D eigenvalue weighted by atomic mass is 16.5. The zero-order valence-electron chi connectivity index (χ0n) is 16.0. The predicted octanol–water partition coefficient (Wildman–Crippen LogP) is 6.10. The first kappa shape index (κ1) is 15.7. The van der Waals surface area contributed by atoms with E-state index in [0.29, 0.717) is 11.8 Å². The average Bonchev–Trinajstić information content (AvgIpc) is 3.24. The van der Waals surface area contributed by atoms with E-state index in [1.807, 2.05) is 0 Å². The molecule has 4 aromatic carbocycles. The lowest BCUT2D eigenvalue weighted by molar-refractivity contribution is -0.0452. The average molecular weight is 372 g/mol.